The van der Waals surface area contributed by atoms with Crippen LogP contribution in [0.5, 0.6) is 0 Å². The summed E-state index contributed by atoms with van der Waals surface area (Å²) in [5.41, 5.74) is 0. The molecule has 1 rings (SSSR count). The Bertz CT molecular complexity index is 138. The molecule has 0 bridgehead atoms. The lowest BCUT2D eigenvalue weighted by Gasteiger charge is -2.27. The minimum Gasteiger partial charge on any atom is -0.382 e. The van der Waals surface area contributed by atoms with E-state index in [4.69, 9.17) is 9.47 Å². The summed E-state index contributed by atoms with van der Waals surface area (Å²) < 4.78 is 10.6. The molecule has 0 aromatic heterocycles. The molecule has 14 heavy (non-hydrogen) atoms. The van der Waals surface area contributed by atoms with Gasteiger partial charge in [-0.3, -0.25) is 4.90 Å². The molecular weight excluding hydrogens is 180 g/mol. The van der Waals surface area contributed by atoms with Gasteiger partial charge in [0.25, 0.3) is 0 Å². The molecule has 1 atom stereocenters. The highest BCUT2D eigenvalue weighted by Gasteiger charge is 2.09. The van der Waals surface area contributed by atoms with Crippen LogP contribution in [0.2, 0.25) is 0 Å². The molecule has 4 nitrogen and oxygen atoms in total. The highest BCUT2D eigenvalue weighted by molar-refractivity contribution is 4.66. The first-order chi connectivity index (χ1) is 6.83. The van der Waals surface area contributed by atoms with Crippen molar-refractivity contribution in [3.63, 3.8) is 0 Å². The summed E-state index contributed by atoms with van der Waals surface area (Å²) in [5, 5.41) is 3.33. The van der Waals surface area contributed by atoms with Gasteiger partial charge >= 0.3 is 0 Å². The molecule has 4 heteroatoms. The Hall–Kier alpha value is -0.160. The molecule has 0 aromatic rings. The number of hydrogen-bond donors (Lipinski definition) is 1. The van der Waals surface area contributed by atoms with Gasteiger partial charge in [0.1, 0.15) is 0 Å². The summed E-state index contributed by atoms with van der Waals surface area (Å²) in [6.45, 7) is 9.06. The van der Waals surface area contributed by atoms with Crippen molar-refractivity contribution in [2.75, 3.05) is 53.0 Å². The smallest absolute Gasteiger partial charge is 0.0780 e. The third kappa shape index (κ3) is 4.91. The van der Waals surface area contributed by atoms with Gasteiger partial charge in [-0.1, -0.05) is 0 Å². The zero-order valence-corrected chi connectivity index (χ0v) is 9.29. The highest BCUT2D eigenvalue weighted by atomic mass is 16.5. The fraction of sp³-hybridized carbons (Fsp3) is 1.00. The van der Waals surface area contributed by atoms with Crippen LogP contribution in [0, 0.1) is 0 Å². The Balaban J connectivity index is 1.96. The summed E-state index contributed by atoms with van der Waals surface area (Å²) >= 11 is 0. The minimum atomic E-state index is 0.211. The van der Waals surface area contributed by atoms with Crippen molar-refractivity contribution in [1.82, 2.24) is 10.2 Å². The monoisotopic (exact) mass is 202 g/mol. The predicted molar refractivity (Wildman–Crippen MR) is 56.6 cm³/mol. The van der Waals surface area contributed by atoms with Crippen molar-refractivity contribution < 1.29 is 9.47 Å². The predicted octanol–water partition coefficient (Wildman–Crippen LogP) is -0.0569. The molecule has 1 aliphatic heterocycles. The average molecular weight is 202 g/mol. The van der Waals surface area contributed by atoms with Gasteiger partial charge < -0.3 is 14.8 Å². The summed E-state index contributed by atoms with van der Waals surface area (Å²) in [4.78, 5) is 2.43. The molecule has 84 valence electrons. The Morgan fingerprint density at radius 2 is 2.07 bits per heavy atom. The second-order valence-electron chi connectivity index (χ2n) is 3.73. The maximum Gasteiger partial charge on any atom is 0.0780 e. The lowest BCUT2D eigenvalue weighted by Crippen LogP contribution is -2.44. The van der Waals surface area contributed by atoms with Crippen molar-refractivity contribution in [1.29, 1.82) is 0 Å². The SMILES string of the molecule is COCC(C)OCCN1CCNCC1. The first-order valence-corrected chi connectivity index (χ1v) is 5.36. The van der Waals surface area contributed by atoms with Gasteiger partial charge in [0.05, 0.1) is 19.3 Å². The zero-order valence-electron chi connectivity index (χ0n) is 9.29. The standard InChI is InChI=1S/C10H22N2O2/c1-10(9-13-2)14-8-7-12-5-3-11-4-6-12/h10-11H,3-9H2,1-2H3. The van der Waals surface area contributed by atoms with Crippen molar-refractivity contribution in [2.45, 2.75) is 13.0 Å². The molecule has 1 heterocycles. The largest absolute Gasteiger partial charge is 0.382 e. The molecule has 0 saturated carbocycles. The van der Waals surface area contributed by atoms with E-state index in [2.05, 4.69) is 10.2 Å². The Morgan fingerprint density at radius 1 is 1.36 bits per heavy atom. The fourth-order valence-corrected chi connectivity index (χ4v) is 1.60. The third-order valence-corrected chi connectivity index (χ3v) is 2.42. The number of nitrogens with one attached hydrogen (secondary N) is 1. The first-order valence-electron chi connectivity index (χ1n) is 5.36. The molecule has 0 amide bonds. The second kappa shape index (κ2) is 7.17. The van der Waals surface area contributed by atoms with Crippen LogP contribution in [0.4, 0.5) is 0 Å². The number of hydrogen-bond acceptors (Lipinski definition) is 4. The summed E-state index contributed by atoms with van der Waals surface area (Å²) in [6.07, 6.45) is 0.211. The van der Waals surface area contributed by atoms with Gasteiger partial charge in [-0.05, 0) is 6.92 Å². The van der Waals surface area contributed by atoms with Gasteiger partial charge in [-0.15, -0.1) is 0 Å². The van der Waals surface area contributed by atoms with Crippen LogP contribution in [0.25, 0.3) is 0 Å². The minimum absolute atomic E-state index is 0.211. The Kier molecular flexibility index (Phi) is 6.10. The van der Waals surface area contributed by atoms with E-state index in [9.17, 15) is 0 Å². The van der Waals surface area contributed by atoms with E-state index < -0.39 is 0 Å². The number of nitrogens with zero attached hydrogens (tertiary/aromatic N) is 1. The van der Waals surface area contributed by atoms with E-state index >= 15 is 0 Å². The molecule has 0 radical (unpaired) electrons. The van der Waals surface area contributed by atoms with Crippen molar-refractivity contribution in [3.8, 4) is 0 Å². The lowest BCUT2D eigenvalue weighted by molar-refractivity contribution is -0.000439. The van der Waals surface area contributed by atoms with E-state index in [1.54, 1.807) is 7.11 Å². The van der Waals surface area contributed by atoms with Gasteiger partial charge in [-0.25, -0.2) is 0 Å². The van der Waals surface area contributed by atoms with Crippen LogP contribution in [0.15, 0.2) is 0 Å². The van der Waals surface area contributed by atoms with Crippen LogP contribution in [0.1, 0.15) is 6.92 Å². The molecule has 1 aliphatic rings. The lowest BCUT2D eigenvalue weighted by atomic mass is 10.3. The van der Waals surface area contributed by atoms with Crippen LogP contribution in [0.3, 0.4) is 0 Å². The van der Waals surface area contributed by atoms with Crippen LogP contribution < -0.4 is 5.32 Å². The van der Waals surface area contributed by atoms with Crippen LogP contribution in [-0.2, 0) is 9.47 Å². The third-order valence-electron chi connectivity index (χ3n) is 2.42. The quantitative estimate of drug-likeness (QED) is 0.654. The van der Waals surface area contributed by atoms with E-state index in [0.29, 0.717) is 6.61 Å². The molecule has 1 fully saturated rings. The number of rotatable bonds is 6. The molecule has 1 unspecified atom stereocenters. The molecule has 0 aromatic carbocycles. The van der Waals surface area contributed by atoms with Gasteiger partial charge in [0, 0.05) is 39.8 Å². The van der Waals surface area contributed by atoms with Crippen LogP contribution in [-0.4, -0.2) is 64.1 Å². The maximum absolute atomic E-state index is 5.60. The van der Waals surface area contributed by atoms with Crippen molar-refractivity contribution in [2.24, 2.45) is 0 Å². The number of ether oxygens (including phenoxy) is 2. The van der Waals surface area contributed by atoms with E-state index in [1.807, 2.05) is 6.92 Å². The number of methoxy groups -OCH3 is 1. The first kappa shape index (κ1) is 11.9. The summed E-state index contributed by atoms with van der Waals surface area (Å²) in [5.74, 6) is 0. The van der Waals surface area contributed by atoms with Gasteiger partial charge in [-0.2, -0.15) is 0 Å². The number of piperazine rings is 1. The Morgan fingerprint density at radius 3 is 2.71 bits per heavy atom. The van der Waals surface area contributed by atoms with Crippen molar-refractivity contribution in [3.05, 3.63) is 0 Å². The average Bonchev–Trinajstić information content (AvgIpc) is 2.20. The molecule has 1 saturated heterocycles. The van der Waals surface area contributed by atoms with E-state index in [0.717, 1.165) is 39.3 Å². The van der Waals surface area contributed by atoms with Gasteiger partial charge in [0.2, 0.25) is 0 Å². The molecule has 1 N–H and O–H groups in total. The maximum atomic E-state index is 5.60. The van der Waals surface area contributed by atoms with Crippen molar-refractivity contribution >= 4 is 0 Å². The Labute approximate surface area is 86.6 Å². The topological polar surface area (TPSA) is 33.7 Å². The normalized spacial score (nSPS) is 21.0. The fourth-order valence-electron chi connectivity index (χ4n) is 1.60. The van der Waals surface area contributed by atoms with E-state index in [-0.39, 0.29) is 6.10 Å². The second-order valence-corrected chi connectivity index (χ2v) is 3.73. The highest BCUT2D eigenvalue weighted by Crippen LogP contribution is 1.95. The van der Waals surface area contributed by atoms with Gasteiger partial charge in [0.15, 0.2) is 0 Å². The summed E-state index contributed by atoms with van der Waals surface area (Å²) in [7, 11) is 1.70. The van der Waals surface area contributed by atoms with Crippen LogP contribution >= 0.6 is 0 Å². The molecule has 0 aliphatic carbocycles. The zero-order chi connectivity index (χ0) is 10.2. The molecule has 0 spiro atoms. The van der Waals surface area contributed by atoms with E-state index in [1.165, 1.54) is 0 Å². The molecular formula is C10H22N2O2. The summed E-state index contributed by atoms with van der Waals surface area (Å²) in [6, 6.07) is 0.